The van der Waals surface area contributed by atoms with Gasteiger partial charge in [0.05, 0.1) is 11.1 Å². The maximum Gasteiger partial charge on any atom is 0.183 e. The second kappa shape index (κ2) is 4.07. The monoisotopic (exact) mass is 232 g/mol. The summed E-state index contributed by atoms with van der Waals surface area (Å²) >= 11 is 7.76. The molecule has 1 aromatic rings. The van der Waals surface area contributed by atoms with E-state index in [0.29, 0.717) is 0 Å². The number of aryl methyl sites for hydroxylation is 2. The second-order valence-corrected chi connectivity index (χ2v) is 5.98. The van der Waals surface area contributed by atoms with E-state index in [9.17, 15) is 0 Å². The van der Waals surface area contributed by atoms with Crippen LogP contribution in [0.25, 0.3) is 0 Å². The number of anilines is 1. The van der Waals surface area contributed by atoms with E-state index in [4.69, 9.17) is 11.6 Å². The average Bonchev–Trinajstić information content (AvgIpc) is 2.29. The molecule has 80 valence electrons. The Morgan fingerprint density at radius 2 is 2.00 bits per heavy atom. The van der Waals surface area contributed by atoms with Gasteiger partial charge in [-0.2, -0.15) is 0 Å². The van der Waals surface area contributed by atoms with Crippen molar-refractivity contribution in [3.05, 3.63) is 10.6 Å². The summed E-state index contributed by atoms with van der Waals surface area (Å²) in [6.45, 7) is 10.2. The van der Waals surface area contributed by atoms with E-state index in [1.807, 2.05) is 13.8 Å². The molecule has 1 heterocycles. The Bertz CT molecular complexity index is 298. The fourth-order valence-electron chi connectivity index (χ4n) is 0.901. The molecular formula is C10H17ClN2S. The first-order valence-electron chi connectivity index (χ1n) is 4.69. The molecule has 2 nitrogen and oxygen atoms in total. The van der Waals surface area contributed by atoms with E-state index < -0.39 is 0 Å². The third-order valence-electron chi connectivity index (χ3n) is 2.45. The number of rotatable bonds is 3. The zero-order chi connectivity index (χ0) is 10.9. The highest BCUT2D eigenvalue weighted by molar-refractivity contribution is 7.15. The van der Waals surface area contributed by atoms with Gasteiger partial charge in [-0.05, 0) is 34.6 Å². The van der Waals surface area contributed by atoms with Crippen LogP contribution in [0.5, 0.6) is 0 Å². The molecule has 0 saturated heterocycles. The van der Waals surface area contributed by atoms with Gasteiger partial charge >= 0.3 is 0 Å². The van der Waals surface area contributed by atoms with Crippen molar-refractivity contribution in [2.75, 3.05) is 5.32 Å². The lowest BCUT2D eigenvalue weighted by molar-refractivity contribution is 0.554. The zero-order valence-electron chi connectivity index (χ0n) is 9.31. The molecule has 0 bridgehead atoms. The Morgan fingerprint density at radius 3 is 2.36 bits per heavy atom. The third-order valence-corrected chi connectivity index (χ3v) is 3.99. The van der Waals surface area contributed by atoms with Crippen molar-refractivity contribution in [1.82, 2.24) is 4.98 Å². The van der Waals surface area contributed by atoms with Gasteiger partial charge in [0.2, 0.25) is 0 Å². The average molecular weight is 233 g/mol. The molecule has 0 fully saturated rings. The van der Waals surface area contributed by atoms with Crippen molar-refractivity contribution >= 4 is 28.1 Å². The summed E-state index contributed by atoms with van der Waals surface area (Å²) in [5.74, 6) is 0. The minimum absolute atomic E-state index is 0.0620. The number of aromatic nitrogens is 1. The molecule has 0 amide bonds. The highest BCUT2D eigenvalue weighted by Gasteiger charge is 2.24. The fourth-order valence-corrected chi connectivity index (χ4v) is 1.94. The number of nitrogens with zero attached hydrogens (tertiary/aromatic N) is 1. The van der Waals surface area contributed by atoms with Crippen LogP contribution in [0.4, 0.5) is 5.13 Å². The van der Waals surface area contributed by atoms with Crippen LogP contribution in [-0.4, -0.2) is 15.9 Å². The molecule has 1 N–H and O–H groups in total. The number of nitrogens with one attached hydrogen (secondary N) is 1. The van der Waals surface area contributed by atoms with E-state index in [2.05, 4.69) is 31.1 Å². The summed E-state index contributed by atoms with van der Waals surface area (Å²) in [6.07, 6.45) is 0. The van der Waals surface area contributed by atoms with E-state index in [1.54, 1.807) is 11.3 Å². The van der Waals surface area contributed by atoms with Crippen LogP contribution < -0.4 is 5.32 Å². The van der Waals surface area contributed by atoms with Crippen LogP contribution in [0.1, 0.15) is 31.3 Å². The highest BCUT2D eigenvalue weighted by atomic mass is 35.5. The van der Waals surface area contributed by atoms with Gasteiger partial charge in [0.25, 0.3) is 0 Å². The smallest absolute Gasteiger partial charge is 0.183 e. The molecule has 4 heteroatoms. The maximum absolute atomic E-state index is 6.08. The Labute approximate surface area is 94.7 Å². The molecule has 0 spiro atoms. The van der Waals surface area contributed by atoms with Crippen molar-refractivity contribution in [3.63, 3.8) is 0 Å². The first-order chi connectivity index (χ1) is 6.33. The molecule has 0 radical (unpaired) electrons. The first kappa shape index (κ1) is 11.8. The number of halogens is 1. The van der Waals surface area contributed by atoms with Crippen LogP contribution >= 0.6 is 22.9 Å². The van der Waals surface area contributed by atoms with Crippen LogP contribution in [0, 0.1) is 13.8 Å². The molecule has 0 aromatic carbocycles. The molecule has 1 aromatic heterocycles. The van der Waals surface area contributed by atoms with Gasteiger partial charge in [0.1, 0.15) is 0 Å². The quantitative estimate of drug-likeness (QED) is 0.806. The SMILES string of the molecule is Cc1nc(NC(C)(C)C(C)Cl)sc1C. The molecule has 0 saturated carbocycles. The standard InChI is InChI=1S/C10H17ClN2S/c1-6-7(2)14-9(12-6)13-10(4,5)8(3)11/h8H,1-5H3,(H,12,13). The van der Waals surface area contributed by atoms with Gasteiger partial charge in [-0.25, -0.2) is 4.98 Å². The number of alkyl halides is 1. The van der Waals surface area contributed by atoms with E-state index in [0.717, 1.165) is 10.8 Å². The van der Waals surface area contributed by atoms with Crippen LogP contribution in [0.2, 0.25) is 0 Å². The van der Waals surface area contributed by atoms with Gasteiger partial charge in [0, 0.05) is 10.4 Å². The first-order valence-corrected chi connectivity index (χ1v) is 5.94. The summed E-state index contributed by atoms with van der Waals surface area (Å²) < 4.78 is 0. The summed E-state index contributed by atoms with van der Waals surface area (Å²) in [4.78, 5) is 5.68. The van der Waals surface area contributed by atoms with Gasteiger partial charge in [0.15, 0.2) is 5.13 Å². The number of hydrogen-bond acceptors (Lipinski definition) is 3. The zero-order valence-corrected chi connectivity index (χ0v) is 10.9. The van der Waals surface area contributed by atoms with Crippen LogP contribution in [0.3, 0.4) is 0 Å². The minimum Gasteiger partial charge on any atom is -0.355 e. The minimum atomic E-state index is -0.127. The largest absolute Gasteiger partial charge is 0.355 e. The topological polar surface area (TPSA) is 24.9 Å². The molecule has 1 rings (SSSR count). The lowest BCUT2D eigenvalue weighted by atomic mass is 10.0. The summed E-state index contributed by atoms with van der Waals surface area (Å²) in [7, 11) is 0. The molecule has 14 heavy (non-hydrogen) atoms. The molecular weight excluding hydrogens is 216 g/mol. The van der Waals surface area contributed by atoms with Gasteiger partial charge in [-0.3, -0.25) is 0 Å². The van der Waals surface area contributed by atoms with Crippen LogP contribution in [0.15, 0.2) is 0 Å². The lowest BCUT2D eigenvalue weighted by Crippen LogP contribution is -2.38. The Morgan fingerprint density at radius 1 is 1.43 bits per heavy atom. The molecule has 1 atom stereocenters. The lowest BCUT2D eigenvalue weighted by Gasteiger charge is -2.28. The fraction of sp³-hybridized carbons (Fsp3) is 0.700. The van der Waals surface area contributed by atoms with E-state index >= 15 is 0 Å². The Hall–Kier alpha value is -0.280. The van der Waals surface area contributed by atoms with Crippen molar-refractivity contribution < 1.29 is 0 Å². The maximum atomic E-state index is 6.08. The summed E-state index contributed by atoms with van der Waals surface area (Å²) in [6, 6.07) is 0. The Balaban J connectivity index is 2.78. The number of hydrogen-bond donors (Lipinski definition) is 1. The molecule has 0 aliphatic rings. The third kappa shape index (κ3) is 2.61. The predicted octanol–water partition coefficient (Wildman–Crippen LogP) is 3.58. The van der Waals surface area contributed by atoms with Crippen molar-refractivity contribution in [1.29, 1.82) is 0 Å². The molecule has 0 aliphatic heterocycles. The van der Waals surface area contributed by atoms with Crippen molar-refractivity contribution in [2.45, 2.75) is 45.5 Å². The summed E-state index contributed by atoms with van der Waals surface area (Å²) in [5, 5.41) is 4.37. The van der Waals surface area contributed by atoms with Gasteiger partial charge < -0.3 is 5.32 Å². The van der Waals surface area contributed by atoms with Gasteiger partial charge in [-0.15, -0.1) is 22.9 Å². The normalized spacial score (nSPS) is 14.1. The summed E-state index contributed by atoms with van der Waals surface area (Å²) in [5.41, 5.74) is 0.966. The van der Waals surface area contributed by atoms with E-state index in [1.165, 1.54) is 4.88 Å². The Kier molecular flexibility index (Phi) is 3.43. The van der Waals surface area contributed by atoms with Crippen molar-refractivity contribution in [3.8, 4) is 0 Å². The molecule has 0 aliphatic carbocycles. The van der Waals surface area contributed by atoms with Crippen molar-refractivity contribution in [2.24, 2.45) is 0 Å². The number of thiazole rings is 1. The predicted molar refractivity (Wildman–Crippen MR) is 64.6 cm³/mol. The molecule has 1 unspecified atom stereocenters. The van der Waals surface area contributed by atoms with Gasteiger partial charge in [-0.1, -0.05) is 0 Å². The van der Waals surface area contributed by atoms with E-state index in [-0.39, 0.29) is 10.9 Å². The second-order valence-electron chi connectivity index (χ2n) is 4.12. The van der Waals surface area contributed by atoms with Crippen LogP contribution in [-0.2, 0) is 0 Å². The highest BCUT2D eigenvalue weighted by Crippen LogP contribution is 2.26.